The molecule has 4 heteroatoms. The molecule has 0 saturated carbocycles. The molecule has 1 aromatic carbocycles. The van der Waals surface area contributed by atoms with E-state index in [0.717, 1.165) is 11.1 Å². The van der Waals surface area contributed by atoms with Crippen LogP contribution in [0.25, 0.3) is 0 Å². The van der Waals surface area contributed by atoms with Gasteiger partial charge in [0.1, 0.15) is 5.92 Å². The molecule has 1 amide bonds. The Balaban J connectivity index is 1.91. The summed E-state index contributed by atoms with van der Waals surface area (Å²) < 4.78 is 0. The van der Waals surface area contributed by atoms with E-state index < -0.39 is 5.92 Å². The highest BCUT2D eigenvalue weighted by molar-refractivity contribution is 5.81. The molecule has 20 heavy (non-hydrogen) atoms. The minimum Gasteiger partial charge on any atom is -0.351 e. The van der Waals surface area contributed by atoms with Crippen molar-refractivity contribution < 1.29 is 4.79 Å². The third-order valence-corrected chi connectivity index (χ3v) is 2.94. The largest absolute Gasteiger partial charge is 0.351 e. The maximum Gasteiger partial charge on any atom is 0.237 e. The lowest BCUT2D eigenvalue weighted by atomic mass is 10.0. The van der Waals surface area contributed by atoms with Crippen molar-refractivity contribution in [1.29, 1.82) is 5.26 Å². The van der Waals surface area contributed by atoms with Gasteiger partial charge in [-0.3, -0.25) is 9.78 Å². The molecule has 0 fully saturated rings. The molecule has 2 rings (SSSR count). The number of carbonyl (C=O) groups excluding carboxylic acids is 1. The summed E-state index contributed by atoms with van der Waals surface area (Å²) in [5, 5.41) is 11.9. The average Bonchev–Trinajstić information content (AvgIpc) is 2.52. The monoisotopic (exact) mass is 265 g/mol. The van der Waals surface area contributed by atoms with E-state index in [4.69, 9.17) is 5.26 Å². The second-order valence-corrected chi connectivity index (χ2v) is 4.45. The summed E-state index contributed by atoms with van der Waals surface area (Å²) in [6.07, 6.45) is 3.72. The lowest BCUT2D eigenvalue weighted by molar-refractivity contribution is -0.123. The van der Waals surface area contributed by atoms with Gasteiger partial charge in [-0.15, -0.1) is 0 Å². The first-order chi connectivity index (χ1) is 9.79. The lowest BCUT2D eigenvalue weighted by Gasteiger charge is -2.10. The summed E-state index contributed by atoms with van der Waals surface area (Å²) in [5.74, 6) is -0.942. The maximum absolute atomic E-state index is 12.0. The van der Waals surface area contributed by atoms with E-state index in [2.05, 4.69) is 10.3 Å². The number of aromatic nitrogens is 1. The van der Waals surface area contributed by atoms with Crippen molar-refractivity contribution in [2.75, 3.05) is 0 Å². The van der Waals surface area contributed by atoms with Gasteiger partial charge in [-0.05, 0) is 23.6 Å². The third-order valence-electron chi connectivity index (χ3n) is 2.94. The van der Waals surface area contributed by atoms with Crippen LogP contribution in [0.1, 0.15) is 11.1 Å². The summed E-state index contributed by atoms with van der Waals surface area (Å²) in [7, 11) is 0. The molecule has 1 unspecified atom stereocenters. The molecule has 0 bridgehead atoms. The maximum atomic E-state index is 12.0. The Morgan fingerprint density at radius 1 is 1.20 bits per heavy atom. The van der Waals surface area contributed by atoms with Crippen LogP contribution in [0.4, 0.5) is 0 Å². The fraction of sp³-hybridized carbons (Fsp3) is 0.188. The van der Waals surface area contributed by atoms with Gasteiger partial charge in [0.25, 0.3) is 0 Å². The predicted octanol–water partition coefficient (Wildman–Crippen LogP) is 2.08. The molecule has 4 nitrogen and oxygen atoms in total. The summed E-state index contributed by atoms with van der Waals surface area (Å²) in [5.41, 5.74) is 1.90. The number of hydrogen-bond donors (Lipinski definition) is 1. The molecule has 1 aromatic heterocycles. The van der Waals surface area contributed by atoms with Gasteiger partial charge < -0.3 is 5.32 Å². The molecule has 1 N–H and O–H groups in total. The summed E-state index contributed by atoms with van der Waals surface area (Å²) in [4.78, 5) is 16.0. The second kappa shape index (κ2) is 7.05. The number of pyridine rings is 1. The zero-order valence-corrected chi connectivity index (χ0v) is 11.0. The van der Waals surface area contributed by atoms with E-state index in [1.54, 1.807) is 18.5 Å². The number of nitrogens with one attached hydrogen (secondary N) is 1. The third kappa shape index (κ3) is 3.92. The average molecular weight is 265 g/mol. The SMILES string of the molecule is N#CC(Cc1cccnc1)C(=O)NCc1ccccc1. The molecule has 2 aromatic rings. The fourth-order valence-corrected chi connectivity index (χ4v) is 1.86. The minimum absolute atomic E-state index is 0.250. The number of hydrogen-bond acceptors (Lipinski definition) is 3. The second-order valence-electron chi connectivity index (χ2n) is 4.45. The van der Waals surface area contributed by atoms with E-state index in [-0.39, 0.29) is 5.91 Å². The molecule has 0 aliphatic heterocycles. The van der Waals surface area contributed by atoms with E-state index in [0.29, 0.717) is 13.0 Å². The van der Waals surface area contributed by atoms with Crippen LogP contribution < -0.4 is 5.32 Å². The number of benzene rings is 1. The van der Waals surface area contributed by atoms with Crippen LogP contribution in [-0.4, -0.2) is 10.9 Å². The van der Waals surface area contributed by atoms with Crippen molar-refractivity contribution >= 4 is 5.91 Å². The van der Waals surface area contributed by atoms with Crippen LogP contribution in [0.5, 0.6) is 0 Å². The van der Waals surface area contributed by atoms with Crippen LogP contribution in [0.15, 0.2) is 54.9 Å². The number of amides is 1. The van der Waals surface area contributed by atoms with Crippen molar-refractivity contribution in [3.63, 3.8) is 0 Å². The smallest absolute Gasteiger partial charge is 0.237 e. The molecule has 0 spiro atoms. The molecule has 0 radical (unpaired) electrons. The quantitative estimate of drug-likeness (QED) is 0.900. The first kappa shape index (κ1) is 13.8. The number of nitrogens with zero attached hydrogens (tertiary/aromatic N) is 2. The van der Waals surface area contributed by atoms with Crippen molar-refractivity contribution in [2.24, 2.45) is 5.92 Å². The Bertz CT molecular complexity index is 590. The van der Waals surface area contributed by atoms with Crippen LogP contribution >= 0.6 is 0 Å². The van der Waals surface area contributed by atoms with Crippen molar-refractivity contribution in [3.05, 3.63) is 66.0 Å². The van der Waals surface area contributed by atoms with Crippen LogP contribution in [-0.2, 0) is 17.8 Å². The van der Waals surface area contributed by atoms with Crippen molar-refractivity contribution in [2.45, 2.75) is 13.0 Å². The van der Waals surface area contributed by atoms with Crippen LogP contribution in [0.2, 0.25) is 0 Å². The Labute approximate surface area is 118 Å². The van der Waals surface area contributed by atoms with E-state index in [1.165, 1.54) is 0 Å². The first-order valence-corrected chi connectivity index (χ1v) is 6.40. The standard InChI is InChI=1S/C16H15N3O/c17-10-15(9-14-7-4-8-18-11-14)16(20)19-12-13-5-2-1-3-6-13/h1-8,11,15H,9,12H2,(H,19,20). The molecule has 100 valence electrons. The zero-order chi connectivity index (χ0) is 14.2. The summed E-state index contributed by atoms with van der Waals surface area (Å²) in [6, 6.07) is 15.3. The van der Waals surface area contributed by atoms with Gasteiger partial charge in [-0.1, -0.05) is 36.4 Å². The van der Waals surface area contributed by atoms with Crippen LogP contribution in [0.3, 0.4) is 0 Å². The van der Waals surface area contributed by atoms with Gasteiger partial charge in [0.2, 0.25) is 5.91 Å². The molecule has 0 aliphatic carbocycles. The normalized spacial score (nSPS) is 11.3. The van der Waals surface area contributed by atoms with Crippen LogP contribution in [0, 0.1) is 17.2 Å². The fourth-order valence-electron chi connectivity index (χ4n) is 1.86. The van der Waals surface area contributed by atoms with Gasteiger partial charge in [-0.2, -0.15) is 5.26 Å². The van der Waals surface area contributed by atoms with E-state index >= 15 is 0 Å². The van der Waals surface area contributed by atoms with Crippen molar-refractivity contribution in [3.8, 4) is 6.07 Å². The zero-order valence-electron chi connectivity index (χ0n) is 11.0. The Kier molecular flexibility index (Phi) is 4.85. The molecular formula is C16H15N3O. The Hall–Kier alpha value is -2.67. The van der Waals surface area contributed by atoms with Gasteiger partial charge in [0, 0.05) is 18.9 Å². The van der Waals surface area contributed by atoms with Gasteiger partial charge in [0.15, 0.2) is 0 Å². The lowest BCUT2D eigenvalue weighted by Crippen LogP contribution is -2.30. The summed E-state index contributed by atoms with van der Waals surface area (Å²) in [6.45, 7) is 0.435. The Morgan fingerprint density at radius 3 is 2.60 bits per heavy atom. The minimum atomic E-state index is -0.692. The van der Waals surface area contributed by atoms with E-state index in [9.17, 15) is 4.79 Å². The van der Waals surface area contributed by atoms with Gasteiger partial charge >= 0.3 is 0 Å². The molecule has 0 aliphatic rings. The molecule has 1 heterocycles. The van der Waals surface area contributed by atoms with Gasteiger partial charge in [-0.25, -0.2) is 0 Å². The molecule has 1 atom stereocenters. The predicted molar refractivity (Wildman–Crippen MR) is 75.3 cm³/mol. The number of carbonyl (C=O) groups is 1. The van der Waals surface area contributed by atoms with E-state index in [1.807, 2.05) is 42.5 Å². The highest BCUT2D eigenvalue weighted by Crippen LogP contribution is 2.07. The summed E-state index contributed by atoms with van der Waals surface area (Å²) >= 11 is 0. The molecule has 0 saturated heterocycles. The topological polar surface area (TPSA) is 65.8 Å². The number of rotatable bonds is 5. The van der Waals surface area contributed by atoms with Crippen molar-refractivity contribution in [1.82, 2.24) is 10.3 Å². The Morgan fingerprint density at radius 2 is 1.95 bits per heavy atom. The van der Waals surface area contributed by atoms with Gasteiger partial charge in [0.05, 0.1) is 6.07 Å². The highest BCUT2D eigenvalue weighted by atomic mass is 16.1. The molecular weight excluding hydrogens is 250 g/mol. The number of nitriles is 1. The first-order valence-electron chi connectivity index (χ1n) is 6.40. The highest BCUT2D eigenvalue weighted by Gasteiger charge is 2.18.